The molecule has 0 spiro atoms. The van der Waals surface area contributed by atoms with Gasteiger partial charge in [-0.1, -0.05) is 6.07 Å². The number of carbonyl (C=O) groups excluding carboxylic acids is 1. The van der Waals surface area contributed by atoms with Gasteiger partial charge in [-0.2, -0.15) is 0 Å². The molecule has 0 bridgehead atoms. The summed E-state index contributed by atoms with van der Waals surface area (Å²) in [6.07, 6.45) is 0.750. The van der Waals surface area contributed by atoms with Gasteiger partial charge < -0.3 is 9.03 Å². The molecular formula is C8H6ClNO3. The minimum absolute atomic E-state index is 0.299. The first-order valence-corrected chi connectivity index (χ1v) is 4.02. The van der Waals surface area contributed by atoms with Crippen molar-refractivity contribution in [3.8, 4) is 0 Å². The van der Waals surface area contributed by atoms with Crippen LogP contribution in [0.5, 0.6) is 0 Å². The Bertz CT molecular complexity index is 316. The van der Waals surface area contributed by atoms with Gasteiger partial charge in [0.25, 0.3) is 0 Å². The van der Waals surface area contributed by atoms with E-state index in [1.807, 2.05) is 6.07 Å². The fraction of sp³-hybridized carbons (Fsp3) is 0.250. The van der Waals surface area contributed by atoms with E-state index in [-0.39, 0.29) is 6.10 Å². The van der Waals surface area contributed by atoms with Gasteiger partial charge in [-0.25, -0.2) is 4.79 Å². The summed E-state index contributed by atoms with van der Waals surface area (Å²) in [5.41, 5.74) is 0.717. The van der Waals surface area contributed by atoms with Crippen LogP contribution in [-0.4, -0.2) is 17.1 Å². The number of hydrogen-bond donors (Lipinski definition) is 0. The van der Waals surface area contributed by atoms with Gasteiger partial charge >= 0.3 is 5.97 Å². The normalized spacial score (nSPS) is 25.3. The van der Waals surface area contributed by atoms with E-state index < -0.39 is 12.1 Å². The molecule has 1 fully saturated rings. The Morgan fingerprint density at radius 2 is 2.46 bits per heavy atom. The summed E-state index contributed by atoms with van der Waals surface area (Å²) in [7, 11) is 0. The number of rotatable bonds is 2. The van der Waals surface area contributed by atoms with Gasteiger partial charge in [0.05, 0.1) is 5.69 Å². The van der Waals surface area contributed by atoms with Crippen molar-refractivity contribution in [2.24, 2.45) is 0 Å². The highest BCUT2D eigenvalue weighted by Crippen LogP contribution is 2.38. The Balaban J connectivity index is 2.04. The molecule has 1 aliphatic rings. The Morgan fingerprint density at radius 1 is 1.62 bits per heavy atom. The number of pyridine rings is 1. The van der Waals surface area contributed by atoms with E-state index in [1.165, 1.54) is 0 Å². The molecule has 0 aromatic carbocycles. The van der Waals surface area contributed by atoms with Crippen LogP contribution in [0.25, 0.3) is 0 Å². The van der Waals surface area contributed by atoms with Crippen LogP contribution in [-0.2, 0) is 13.8 Å². The Labute approximate surface area is 79.6 Å². The second-order valence-corrected chi connectivity index (χ2v) is 2.78. The van der Waals surface area contributed by atoms with E-state index in [0.717, 1.165) is 5.69 Å². The van der Waals surface area contributed by atoms with Crippen LogP contribution in [0.15, 0.2) is 24.4 Å². The van der Waals surface area contributed by atoms with E-state index in [1.54, 1.807) is 18.3 Å². The molecule has 2 unspecified atom stereocenters. The van der Waals surface area contributed by atoms with Gasteiger partial charge in [-0.3, -0.25) is 4.98 Å². The first kappa shape index (κ1) is 8.47. The quantitative estimate of drug-likeness (QED) is 0.672. The maximum atomic E-state index is 10.9. The first-order valence-electron chi connectivity index (χ1n) is 3.72. The van der Waals surface area contributed by atoms with Crippen molar-refractivity contribution in [3.63, 3.8) is 0 Å². The number of epoxide rings is 1. The topological polar surface area (TPSA) is 51.7 Å². The van der Waals surface area contributed by atoms with Gasteiger partial charge in [0, 0.05) is 6.20 Å². The van der Waals surface area contributed by atoms with E-state index in [0.29, 0.717) is 0 Å². The van der Waals surface area contributed by atoms with Crippen molar-refractivity contribution in [2.45, 2.75) is 12.2 Å². The Kier molecular flexibility index (Phi) is 2.16. The molecule has 1 aliphatic heterocycles. The van der Waals surface area contributed by atoms with Gasteiger partial charge in [0.2, 0.25) is 0 Å². The summed E-state index contributed by atoms with van der Waals surface area (Å²) >= 11 is 4.89. The zero-order valence-corrected chi connectivity index (χ0v) is 7.27. The van der Waals surface area contributed by atoms with E-state index in [9.17, 15) is 4.79 Å². The summed E-state index contributed by atoms with van der Waals surface area (Å²) in [5, 5.41) is 0. The van der Waals surface area contributed by atoms with Crippen molar-refractivity contribution >= 4 is 17.8 Å². The highest BCUT2D eigenvalue weighted by molar-refractivity contribution is 6.13. The van der Waals surface area contributed by atoms with Crippen molar-refractivity contribution < 1.29 is 13.8 Å². The lowest BCUT2D eigenvalue weighted by molar-refractivity contribution is -0.135. The molecule has 0 N–H and O–H groups in total. The zero-order valence-electron chi connectivity index (χ0n) is 6.51. The Morgan fingerprint density at radius 3 is 3.08 bits per heavy atom. The minimum atomic E-state index is -0.590. The van der Waals surface area contributed by atoms with Crippen molar-refractivity contribution in [1.82, 2.24) is 4.98 Å². The lowest BCUT2D eigenvalue weighted by atomic mass is 10.2. The summed E-state index contributed by atoms with van der Waals surface area (Å²) in [6.45, 7) is 0. The van der Waals surface area contributed by atoms with Crippen LogP contribution in [0.2, 0.25) is 0 Å². The number of hydrogen-bond acceptors (Lipinski definition) is 4. The summed E-state index contributed by atoms with van der Waals surface area (Å²) < 4.78 is 9.04. The highest BCUT2D eigenvalue weighted by Gasteiger charge is 2.48. The van der Waals surface area contributed by atoms with E-state index in [2.05, 4.69) is 9.27 Å². The van der Waals surface area contributed by atoms with Crippen LogP contribution in [0, 0.1) is 0 Å². The maximum Gasteiger partial charge on any atom is 0.356 e. The predicted molar refractivity (Wildman–Crippen MR) is 43.8 cm³/mol. The van der Waals surface area contributed by atoms with E-state index in [4.69, 9.17) is 16.6 Å². The summed E-state index contributed by atoms with van der Waals surface area (Å²) in [4.78, 5) is 14.9. The average Bonchev–Trinajstić information content (AvgIpc) is 2.98. The lowest BCUT2D eigenvalue weighted by Gasteiger charge is -1.91. The molecule has 5 heteroatoms. The predicted octanol–water partition coefficient (Wildman–Crippen LogP) is 1.22. The number of aromatic nitrogens is 1. The number of halogens is 1. The monoisotopic (exact) mass is 199 g/mol. The van der Waals surface area contributed by atoms with Gasteiger partial charge in [0.1, 0.15) is 18.0 Å². The third-order valence-electron chi connectivity index (χ3n) is 1.78. The molecule has 0 amide bonds. The number of nitrogens with zero attached hydrogens (tertiary/aromatic N) is 1. The molecule has 13 heavy (non-hydrogen) atoms. The van der Waals surface area contributed by atoms with E-state index >= 15 is 0 Å². The molecule has 4 nitrogen and oxygen atoms in total. The molecule has 0 saturated carbocycles. The molecule has 1 saturated heterocycles. The fourth-order valence-corrected chi connectivity index (χ4v) is 1.19. The average molecular weight is 200 g/mol. The van der Waals surface area contributed by atoms with Crippen LogP contribution in [0.1, 0.15) is 11.8 Å². The fourth-order valence-electron chi connectivity index (χ4n) is 1.10. The molecule has 0 radical (unpaired) electrons. The second-order valence-electron chi connectivity index (χ2n) is 2.63. The minimum Gasteiger partial charge on any atom is -0.350 e. The molecular weight excluding hydrogens is 194 g/mol. The molecule has 68 valence electrons. The third kappa shape index (κ3) is 1.64. The van der Waals surface area contributed by atoms with Crippen molar-refractivity contribution in [2.75, 3.05) is 0 Å². The molecule has 2 rings (SSSR count). The molecule has 2 heterocycles. The molecule has 1 aromatic rings. The summed E-state index contributed by atoms with van der Waals surface area (Å²) in [5.74, 6) is -0.572. The number of carbonyl (C=O) groups is 1. The van der Waals surface area contributed by atoms with Gasteiger partial charge in [0.15, 0.2) is 6.10 Å². The SMILES string of the molecule is O=C(OCl)C1OC1c1ccccn1. The van der Waals surface area contributed by atoms with Crippen LogP contribution >= 0.6 is 11.9 Å². The zero-order chi connectivity index (χ0) is 9.26. The summed E-state index contributed by atoms with van der Waals surface area (Å²) in [6, 6.07) is 5.40. The Hall–Kier alpha value is -1.13. The van der Waals surface area contributed by atoms with Gasteiger partial charge in [-0.15, -0.1) is 0 Å². The van der Waals surface area contributed by atoms with Crippen molar-refractivity contribution in [1.29, 1.82) is 0 Å². The standard InChI is InChI=1S/C8H6ClNO3/c9-13-8(11)7-6(12-7)5-3-1-2-4-10-5/h1-4,6-7H. The second kappa shape index (κ2) is 3.32. The first-order chi connectivity index (χ1) is 6.33. The molecule has 2 atom stereocenters. The van der Waals surface area contributed by atoms with Crippen LogP contribution < -0.4 is 0 Å². The molecule has 0 aliphatic carbocycles. The highest BCUT2D eigenvalue weighted by atomic mass is 35.5. The van der Waals surface area contributed by atoms with Crippen molar-refractivity contribution in [3.05, 3.63) is 30.1 Å². The van der Waals surface area contributed by atoms with Crippen LogP contribution in [0.4, 0.5) is 0 Å². The maximum absolute atomic E-state index is 10.9. The van der Waals surface area contributed by atoms with Crippen LogP contribution in [0.3, 0.4) is 0 Å². The largest absolute Gasteiger partial charge is 0.356 e. The van der Waals surface area contributed by atoms with Gasteiger partial charge in [-0.05, 0) is 12.1 Å². The third-order valence-corrected chi connectivity index (χ3v) is 1.93. The molecule has 1 aromatic heterocycles. The number of ether oxygens (including phenoxy) is 1. The smallest absolute Gasteiger partial charge is 0.350 e. The lowest BCUT2D eigenvalue weighted by Crippen LogP contribution is -2.06.